The number of carbonyl (C=O) groups excluding carboxylic acids is 4. The lowest BCUT2D eigenvalue weighted by molar-refractivity contribution is -0.159. The third-order valence-electron chi connectivity index (χ3n) is 5.63. The van der Waals surface area contributed by atoms with Crippen LogP contribution in [0.5, 0.6) is 0 Å². The highest BCUT2D eigenvalue weighted by Crippen LogP contribution is 2.27. The number of nitrogens with zero attached hydrogens (tertiary/aromatic N) is 1. The van der Waals surface area contributed by atoms with E-state index in [1.807, 2.05) is 51.1 Å². The first-order valence-corrected chi connectivity index (χ1v) is 13.2. The minimum atomic E-state index is -0.862. The fourth-order valence-electron chi connectivity index (χ4n) is 3.76. The zero-order valence-corrected chi connectivity index (χ0v) is 22.9. The average Bonchev–Trinajstić information content (AvgIpc) is 3.25. The van der Waals surface area contributed by atoms with Crippen molar-refractivity contribution in [2.75, 3.05) is 12.3 Å². The first-order valence-electron chi connectivity index (χ1n) is 12.2. The smallest absolute Gasteiger partial charge is 0.329 e. The Labute approximate surface area is 213 Å². The summed E-state index contributed by atoms with van der Waals surface area (Å²) in [6.45, 7) is 13.2. The molecule has 2 amide bonds. The van der Waals surface area contributed by atoms with Crippen LogP contribution in [0.4, 0.5) is 0 Å². The summed E-state index contributed by atoms with van der Waals surface area (Å²) >= 11 is 1.16. The van der Waals surface area contributed by atoms with Crippen molar-refractivity contribution in [1.82, 2.24) is 10.2 Å². The molecule has 0 spiro atoms. The first kappa shape index (κ1) is 28.9. The normalized spacial score (nSPS) is 18.0. The van der Waals surface area contributed by atoms with Crippen LogP contribution in [0, 0.1) is 11.3 Å². The van der Waals surface area contributed by atoms with Gasteiger partial charge in [-0.2, -0.15) is 0 Å². The largest absolute Gasteiger partial charge is 0.458 e. The second kappa shape index (κ2) is 12.1. The predicted molar refractivity (Wildman–Crippen MR) is 139 cm³/mol. The van der Waals surface area contributed by atoms with E-state index in [9.17, 15) is 19.2 Å². The number of nitrogens with one attached hydrogen (secondary N) is 1. The highest BCUT2D eigenvalue weighted by atomic mass is 32.2. The van der Waals surface area contributed by atoms with E-state index in [1.165, 1.54) is 0 Å². The van der Waals surface area contributed by atoms with E-state index < -0.39 is 35.0 Å². The Morgan fingerprint density at radius 1 is 1.09 bits per heavy atom. The highest BCUT2D eigenvalue weighted by Gasteiger charge is 2.38. The van der Waals surface area contributed by atoms with Crippen LogP contribution in [-0.2, 0) is 30.3 Å². The SMILES string of the molecule is CC(CSC(=O)C(C)(C)C)C(=O)N1CCC[C@H]1C(=O)N[C@@H](Cc1ccccc1)C(=O)OC(C)(C)C. The summed E-state index contributed by atoms with van der Waals surface area (Å²) in [6, 6.07) is 7.93. The molecule has 1 aromatic carbocycles. The van der Waals surface area contributed by atoms with Crippen LogP contribution in [0.1, 0.15) is 66.9 Å². The number of thioether (sulfide) groups is 1. The van der Waals surface area contributed by atoms with E-state index >= 15 is 0 Å². The van der Waals surface area contributed by atoms with E-state index in [-0.39, 0.29) is 16.9 Å². The molecule has 1 unspecified atom stereocenters. The van der Waals surface area contributed by atoms with Crippen LogP contribution >= 0.6 is 11.8 Å². The van der Waals surface area contributed by atoms with Crippen LogP contribution in [0.2, 0.25) is 0 Å². The highest BCUT2D eigenvalue weighted by molar-refractivity contribution is 8.13. The third kappa shape index (κ3) is 8.98. The Balaban J connectivity index is 2.09. The minimum Gasteiger partial charge on any atom is -0.458 e. The summed E-state index contributed by atoms with van der Waals surface area (Å²) in [5.74, 6) is -1.03. The van der Waals surface area contributed by atoms with Gasteiger partial charge in [0.05, 0.1) is 0 Å². The Morgan fingerprint density at radius 2 is 1.71 bits per heavy atom. The molecule has 0 radical (unpaired) electrons. The lowest BCUT2D eigenvalue weighted by Gasteiger charge is -2.29. The number of amides is 2. The Hall–Kier alpha value is -2.35. The lowest BCUT2D eigenvalue weighted by atomic mass is 10.00. The predicted octanol–water partition coefficient (Wildman–Crippen LogP) is 3.99. The maximum atomic E-state index is 13.3. The number of ether oxygens (including phenoxy) is 1. The number of esters is 1. The molecule has 1 aliphatic heterocycles. The van der Waals surface area contributed by atoms with Crippen LogP contribution in [0.25, 0.3) is 0 Å². The third-order valence-corrected chi connectivity index (χ3v) is 7.17. The van der Waals surface area contributed by atoms with Crippen molar-refractivity contribution in [2.24, 2.45) is 11.3 Å². The number of likely N-dealkylation sites (tertiary alicyclic amines) is 1. The molecule has 1 aromatic rings. The fourth-order valence-corrected chi connectivity index (χ4v) is 4.74. The van der Waals surface area contributed by atoms with Crippen LogP contribution in [0.3, 0.4) is 0 Å². The number of hydrogen-bond donors (Lipinski definition) is 1. The number of hydrogen-bond acceptors (Lipinski definition) is 6. The molecule has 1 aliphatic rings. The summed E-state index contributed by atoms with van der Waals surface area (Å²) < 4.78 is 5.56. The van der Waals surface area contributed by atoms with Crippen molar-refractivity contribution in [2.45, 2.75) is 85.4 Å². The molecule has 7 nitrogen and oxygen atoms in total. The van der Waals surface area contributed by atoms with Gasteiger partial charge in [-0.25, -0.2) is 4.79 Å². The van der Waals surface area contributed by atoms with Crippen LogP contribution < -0.4 is 5.32 Å². The van der Waals surface area contributed by atoms with E-state index in [1.54, 1.807) is 32.6 Å². The Morgan fingerprint density at radius 3 is 2.29 bits per heavy atom. The van der Waals surface area contributed by atoms with Gasteiger partial charge in [-0.3, -0.25) is 14.4 Å². The maximum absolute atomic E-state index is 13.3. The van der Waals surface area contributed by atoms with E-state index in [0.717, 1.165) is 17.3 Å². The minimum absolute atomic E-state index is 0.0361. The molecule has 2 rings (SSSR count). The molecule has 0 saturated carbocycles. The zero-order chi connectivity index (χ0) is 26.4. The molecule has 0 aromatic heterocycles. The maximum Gasteiger partial charge on any atom is 0.329 e. The summed E-state index contributed by atoms with van der Waals surface area (Å²) in [5, 5.41) is 2.89. The van der Waals surface area contributed by atoms with Gasteiger partial charge < -0.3 is 15.0 Å². The summed E-state index contributed by atoms with van der Waals surface area (Å²) in [6.07, 6.45) is 1.54. The second-order valence-electron chi connectivity index (χ2n) is 11.2. The average molecular weight is 505 g/mol. The van der Waals surface area contributed by atoms with Crippen molar-refractivity contribution in [3.8, 4) is 0 Å². The molecule has 1 heterocycles. The van der Waals surface area contributed by atoms with Gasteiger partial charge in [-0.1, -0.05) is 69.8 Å². The summed E-state index contributed by atoms with van der Waals surface area (Å²) in [4.78, 5) is 53.2. The Kier molecular flexibility index (Phi) is 9.95. The molecule has 0 aliphatic carbocycles. The van der Waals surface area contributed by atoms with Gasteiger partial charge in [-0.15, -0.1) is 0 Å². The topological polar surface area (TPSA) is 92.8 Å². The number of rotatable bonds is 8. The van der Waals surface area contributed by atoms with Crippen molar-refractivity contribution >= 4 is 34.7 Å². The molecule has 194 valence electrons. The quantitative estimate of drug-likeness (QED) is 0.538. The molecule has 3 atom stereocenters. The van der Waals surface area contributed by atoms with Crippen molar-refractivity contribution in [1.29, 1.82) is 0 Å². The second-order valence-corrected chi connectivity index (χ2v) is 12.2. The van der Waals surface area contributed by atoms with Crippen molar-refractivity contribution in [3.63, 3.8) is 0 Å². The van der Waals surface area contributed by atoms with Crippen molar-refractivity contribution < 1.29 is 23.9 Å². The standard InChI is InChI=1S/C27H40N2O5S/c1-18(17-35-25(33)26(2,3)4)23(31)29-15-11-14-21(29)22(30)28-20(24(32)34-27(5,6)7)16-19-12-9-8-10-13-19/h8-10,12-13,18,20-21H,11,14-17H2,1-7H3,(H,28,30)/t18?,20-,21-/m0/s1. The van der Waals surface area contributed by atoms with Crippen LogP contribution in [0.15, 0.2) is 30.3 Å². The first-order chi connectivity index (χ1) is 16.2. The molecule has 0 bridgehead atoms. The fraction of sp³-hybridized carbons (Fsp3) is 0.630. The molecule has 1 N–H and O–H groups in total. The van der Waals surface area contributed by atoms with Gasteiger partial charge in [0.1, 0.15) is 17.7 Å². The lowest BCUT2D eigenvalue weighted by Crippen LogP contribution is -2.53. The van der Waals surface area contributed by atoms with Gasteiger partial charge in [-0.05, 0) is 39.2 Å². The van der Waals surface area contributed by atoms with Gasteiger partial charge in [0.2, 0.25) is 11.8 Å². The van der Waals surface area contributed by atoms with E-state index in [4.69, 9.17) is 4.74 Å². The molecule has 8 heteroatoms. The van der Waals surface area contributed by atoms with Gasteiger partial charge in [0.15, 0.2) is 5.12 Å². The monoisotopic (exact) mass is 504 g/mol. The van der Waals surface area contributed by atoms with Gasteiger partial charge in [0, 0.05) is 30.1 Å². The molecular weight excluding hydrogens is 464 g/mol. The molecule has 35 heavy (non-hydrogen) atoms. The molecule has 1 saturated heterocycles. The van der Waals surface area contributed by atoms with E-state index in [2.05, 4.69) is 5.32 Å². The van der Waals surface area contributed by atoms with Crippen molar-refractivity contribution in [3.05, 3.63) is 35.9 Å². The Bertz CT molecular complexity index is 904. The van der Waals surface area contributed by atoms with Gasteiger partial charge >= 0.3 is 5.97 Å². The number of benzene rings is 1. The number of carbonyl (C=O) groups is 4. The zero-order valence-electron chi connectivity index (χ0n) is 22.1. The molecule has 1 fully saturated rings. The summed E-state index contributed by atoms with van der Waals surface area (Å²) in [5.41, 5.74) is -0.264. The van der Waals surface area contributed by atoms with Crippen LogP contribution in [-0.4, -0.2) is 57.8 Å². The molecular formula is C27H40N2O5S. The van der Waals surface area contributed by atoms with Gasteiger partial charge in [0.25, 0.3) is 0 Å². The summed E-state index contributed by atoms with van der Waals surface area (Å²) in [7, 11) is 0. The van der Waals surface area contributed by atoms with E-state index in [0.29, 0.717) is 31.6 Å².